The van der Waals surface area contributed by atoms with Crippen molar-refractivity contribution in [2.75, 3.05) is 0 Å². The van der Waals surface area contributed by atoms with Gasteiger partial charge in [-0.15, -0.1) is 0 Å². The Morgan fingerprint density at radius 1 is 1.11 bits per heavy atom. The van der Waals surface area contributed by atoms with Crippen molar-refractivity contribution in [2.24, 2.45) is 29.1 Å². The summed E-state index contributed by atoms with van der Waals surface area (Å²) >= 11 is 0. The number of hydrogen-bond acceptors (Lipinski definition) is 2. The Morgan fingerprint density at radius 3 is 1.89 bits per heavy atom. The van der Waals surface area contributed by atoms with E-state index in [1.165, 1.54) is 19.3 Å². The molecule has 4 aliphatic carbocycles. The molecule has 4 fully saturated rings. The minimum Gasteiger partial charge on any atom is -0.481 e. The molecule has 4 saturated carbocycles. The van der Waals surface area contributed by atoms with Crippen LogP contribution in [0.15, 0.2) is 0 Å². The highest BCUT2D eigenvalue weighted by Gasteiger charge is 2.56. The number of rotatable bonds is 4. The maximum absolute atomic E-state index is 12.7. The van der Waals surface area contributed by atoms with Gasteiger partial charge < -0.3 is 5.11 Å². The van der Waals surface area contributed by atoms with Gasteiger partial charge in [0.25, 0.3) is 0 Å². The number of aliphatic carboxylic acids is 1. The van der Waals surface area contributed by atoms with Gasteiger partial charge in [-0.05, 0) is 62.7 Å². The molecule has 0 spiro atoms. The van der Waals surface area contributed by atoms with E-state index in [0.29, 0.717) is 24.2 Å². The van der Waals surface area contributed by atoms with Gasteiger partial charge >= 0.3 is 5.97 Å². The summed E-state index contributed by atoms with van der Waals surface area (Å²) in [5, 5.41) is 9.22. The van der Waals surface area contributed by atoms with E-state index in [4.69, 9.17) is 0 Å². The first kappa shape index (κ1) is 12.2. The van der Waals surface area contributed by atoms with Crippen molar-refractivity contribution in [1.82, 2.24) is 0 Å². The van der Waals surface area contributed by atoms with E-state index >= 15 is 0 Å². The van der Waals surface area contributed by atoms with Crippen LogP contribution in [0.4, 0.5) is 0 Å². The Kier molecular flexibility index (Phi) is 2.76. The van der Waals surface area contributed by atoms with Crippen LogP contribution in [0.1, 0.15) is 51.9 Å². The average molecular weight is 250 g/mol. The third-order valence-corrected chi connectivity index (χ3v) is 5.58. The standard InChI is InChI=1S/C15H22O3/c1-2-12(14(17)18)13(16)15-6-9-3-10(7-15)5-11(4-9)8-15/h9-12H,2-8H2,1H3,(H,17,18). The molecule has 0 amide bonds. The maximum Gasteiger partial charge on any atom is 0.314 e. The highest BCUT2D eigenvalue weighted by molar-refractivity contribution is 6.01. The summed E-state index contributed by atoms with van der Waals surface area (Å²) in [6.45, 7) is 1.82. The fourth-order valence-electron chi connectivity index (χ4n) is 5.25. The van der Waals surface area contributed by atoms with Gasteiger partial charge in [0, 0.05) is 5.41 Å². The molecule has 0 aromatic carbocycles. The van der Waals surface area contributed by atoms with E-state index in [0.717, 1.165) is 19.3 Å². The Hall–Kier alpha value is -0.860. The van der Waals surface area contributed by atoms with E-state index in [1.54, 1.807) is 0 Å². The van der Waals surface area contributed by atoms with E-state index < -0.39 is 11.9 Å². The lowest BCUT2D eigenvalue weighted by molar-refractivity contribution is -0.158. The highest BCUT2D eigenvalue weighted by Crippen LogP contribution is 2.61. The molecule has 4 rings (SSSR count). The van der Waals surface area contributed by atoms with Gasteiger partial charge in [0.05, 0.1) is 0 Å². The Labute approximate surface area is 108 Å². The molecule has 0 heterocycles. The molecule has 0 aromatic rings. The zero-order valence-electron chi connectivity index (χ0n) is 11.0. The van der Waals surface area contributed by atoms with Gasteiger partial charge in [-0.1, -0.05) is 6.92 Å². The topological polar surface area (TPSA) is 54.4 Å². The predicted molar refractivity (Wildman–Crippen MR) is 67.0 cm³/mol. The Morgan fingerprint density at radius 2 is 1.56 bits per heavy atom. The Bertz CT molecular complexity index is 350. The number of carboxylic acids is 1. The van der Waals surface area contributed by atoms with Gasteiger partial charge in [0.2, 0.25) is 0 Å². The van der Waals surface area contributed by atoms with Crippen molar-refractivity contribution in [2.45, 2.75) is 51.9 Å². The van der Waals surface area contributed by atoms with E-state index in [2.05, 4.69) is 0 Å². The average Bonchev–Trinajstić information content (AvgIpc) is 2.27. The highest BCUT2D eigenvalue weighted by atomic mass is 16.4. The van der Waals surface area contributed by atoms with Crippen molar-refractivity contribution in [3.63, 3.8) is 0 Å². The molecular formula is C15H22O3. The fraction of sp³-hybridized carbons (Fsp3) is 0.867. The lowest BCUT2D eigenvalue weighted by Crippen LogP contribution is -2.52. The predicted octanol–water partition coefficient (Wildman–Crippen LogP) is 2.88. The van der Waals surface area contributed by atoms with Crippen LogP contribution in [-0.2, 0) is 9.59 Å². The van der Waals surface area contributed by atoms with Crippen LogP contribution >= 0.6 is 0 Å². The van der Waals surface area contributed by atoms with Crippen LogP contribution < -0.4 is 0 Å². The minimum atomic E-state index is -0.918. The molecular weight excluding hydrogens is 228 g/mol. The van der Waals surface area contributed by atoms with Crippen molar-refractivity contribution >= 4 is 11.8 Å². The third-order valence-electron chi connectivity index (χ3n) is 5.58. The SMILES string of the molecule is CCC(C(=O)O)C(=O)C12CC3CC(CC(C3)C1)C2. The first-order valence-electron chi connectivity index (χ1n) is 7.31. The van der Waals surface area contributed by atoms with E-state index in [-0.39, 0.29) is 11.2 Å². The molecule has 0 aliphatic heterocycles. The lowest BCUT2D eigenvalue weighted by atomic mass is 9.47. The molecule has 0 saturated heterocycles. The molecule has 100 valence electrons. The van der Waals surface area contributed by atoms with Gasteiger partial charge in [0.1, 0.15) is 5.92 Å². The summed E-state index contributed by atoms with van der Waals surface area (Å²) < 4.78 is 0. The second kappa shape index (κ2) is 4.07. The van der Waals surface area contributed by atoms with E-state index in [1.807, 2.05) is 6.92 Å². The number of Topliss-reactive ketones (excluding diaryl/α,β-unsaturated/α-hetero) is 1. The quantitative estimate of drug-likeness (QED) is 0.780. The Balaban J connectivity index is 1.86. The van der Waals surface area contributed by atoms with Gasteiger partial charge in [-0.3, -0.25) is 9.59 Å². The smallest absolute Gasteiger partial charge is 0.314 e. The largest absolute Gasteiger partial charge is 0.481 e. The van der Waals surface area contributed by atoms with E-state index in [9.17, 15) is 14.7 Å². The third kappa shape index (κ3) is 1.70. The van der Waals surface area contributed by atoms with Crippen molar-refractivity contribution in [3.8, 4) is 0 Å². The summed E-state index contributed by atoms with van der Waals surface area (Å²) in [5.41, 5.74) is -0.256. The molecule has 0 aromatic heterocycles. The second-order valence-electron chi connectivity index (χ2n) is 6.86. The van der Waals surface area contributed by atoms with Crippen molar-refractivity contribution < 1.29 is 14.7 Å². The van der Waals surface area contributed by atoms with Crippen molar-refractivity contribution in [1.29, 1.82) is 0 Å². The van der Waals surface area contributed by atoms with Gasteiger partial charge in [-0.25, -0.2) is 0 Å². The van der Waals surface area contributed by atoms with Crippen LogP contribution in [0.3, 0.4) is 0 Å². The van der Waals surface area contributed by atoms with Crippen LogP contribution in [-0.4, -0.2) is 16.9 Å². The van der Waals surface area contributed by atoms with Crippen LogP contribution in [0.25, 0.3) is 0 Å². The van der Waals surface area contributed by atoms with Gasteiger partial charge in [-0.2, -0.15) is 0 Å². The number of hydrogen-bond donors (Lipinski definition) is 1. The number of carbonyl (C=O) groups excluding carboxylic acids is 1. The molecule has 4 aliphatic rings. The normalized spacial score (nSPS) is 42.8. The summed E-state index contributed by atoms with van der Waals surface area (Å²) in [6.07, 6.45) is 7.23. The molecule has 1 N–H and O–H groups in total. The summed E-state index contributed by atoms with van der Waals surface area (Å²) in [7, 11) is 0. The first-order valence-corrected chi connectivity index (χ1v) is 7.31. The van der Waals surface area contributed by atoms with Crippen LogP contribution in [0.5, 0.6) is 0 Å². The number of ketones is 1. The molecule has 4 bridgehead atoms. The molecule has 0 radical (unpaired) electrons. The van der Waals surface area contributed by atoms with Crippen LogP contribution in [0, 0.1) is 29.1 Å². The zero-order valence-corrected chi connectivity index (χ0v) is 11.0. The summed E-state index contributed by atoms with van der Waals surface area (Å²) in [5.74, 6) is 0.473. The lowest BCUT2D eigenvalue weighted by Gasteiger charge is -2.56. The fourth-order valence-corrected chi connectivity index (χ4v) is 5.25. The summed E-state index contributed by atoms with van der Waals surface area (Å²) in [6, 6.07) is 0. The van der Waals surface area contributed by atoms with Crippen LogP contribution in [0.2, 0.25) is 0 Å². The first-order chi connectivity index (χ1) is 8.54. The summed E-state index contributed by atoms with van der Waals surface area (Å²) in [4.78, 5) is 23.9. The molecule has 3 heteroatoms. The monoisotopic (exact) mass is 250 g/mol. The maximum atomic E-state index is 12.7. The molecule has 3 nitrogen and oxygen atoms in total. The molecule has 1 atom stereocenters. The second-order valence-corrected chi connectivity index (χ2v) is 6.86. The van der Waals surface area contributed by atoms with Crippen molar-refractivity contribution in [3.05, 3.63) is 0 Å². The molecule has 18 heavy (non-hydrogen) atoms. The number of carboxylic acid groups (broad SMARTS) is 1. The van der Waals surface area contributed by atoms with Gasteiger partial charge in [0.15, 0.2) is 5.78 Å². The molecule has 1 unspecified atom stereocenters. The number of carbonyl (C=O) groups is 2. The zero-order chi connectivity index (χ0) is 12.9. The minimum absolute atomic E-state index is 0.0524.